The van der Waals surface area contributed by atoms with Gasteiger partial charge >= 0.3 is 5.97 Å². The molecule has 0 aliphatic rings. The van der Waals surface area contributed by atoms with Crippen LogP contribution in [-0.4, -0.2) is 46.7 Å². The van der Waals surface area contributed by atoms with Crippen LogP contribution >= 0.6 is 0 Å². The van der Waals surface area contributed by atoms with Gasteiger partial charge in [-0.15, -0.1) is 5.10 Å². The van der Waals surface area contributed by atoms with Crippen molar-refractivity contribution in [2.24, 2.45) is 5.84 Å². The van der Waals surface area contributed by atoms with Crippen molar-refractivity contribution in [3.63, 3.8) is 0 Å². The molecule has 0 fully saturated rings. The van der Waals surface area contributed by atoms with Gasteiger partial charge in [0, 0.05) is 7.11 Å². The number of carbonyl (C=O) groups is 1. The van der Waals surface area contributed by atoms with Crippen LogP contribution in [0.2, 0.25) is 0 Å². The summed E-state index contributed by atoms with van der Waals surface area (Å²) in [5, 5.41) is 19.0. The molecule has 4 N–H and O–H groups in total. The van der Waals surface area contributed by atoms with Gasteiger partial charge in [0.2, 0.25) is 0 Å². The van der Waals surface area contributed by atoms with E-state index >= 15 is 0 Å². The molecule has 0 amide bonds. The maximum Gasteiger partial charge on any atom is 0.357 e. The average Bonchev–Trinajstić information content (AvgIpc) is 2.62. The number of carboxylic acid groups (broad SMARTS) is 1. The van der Waals surface area contributed by atoms with Gasteiger partial charge < -0.3 is 9.84 Å². The molecule has 1 heterocycles. The maximum absolute atomic E-state index is 10.6. The highest BCUT2D eigenvalue weighted by molar-refractivity contribution is 5.90. The molecular formula is C6H11N5O3. The number of nitrogens with zero attached hydrogens (tertiary/aromatic N) is 3. The molecule has 0 saturated carbocycles. The standard InChI is InChI=1S/C6H11N5O3/c1-14-3-2-11(7)5-4(6(12)13)8-10-9-5/h2-3,7H2,1H3,(H,12,13)(H,8,9,10). The second kappa shape index (κ2) is 4.53. The molecule has 0 saturated heterocycles. The molecule has 0 unspecified atom stereocenters. The minimum Gasteiger partial charge on any atom is -0.476 e. The van der Waals surface area contributed by atoms with Gasteiger partial charge in [-0.05, 0) is 0 Å². The van der Waals surface area contributed by atoms with Gasteiger partial charge in [0.1, 0.15) is 0 Å². The molecule has 0 aliphatic carbocycles. The number of aromatic amines is 1. The summed E-state index contributed by atoms with van der Waals surface area (Å²) in [7, 11) is 1.52. The van der Waals surface area contributed by atoms with Crippen molar-refractivity contribution in [1.29, 1.82) is 0 Å². The Bertz CT molecular complexity index is 312. The van der Waals surface area contributed by atoms with E-state index in [0.717, 1.165) is 5.01 Å². The third-order valence-electron chi connectivity index (χ3n) is 1.55. The number of carboxylic acids is 1. The normalized spacial score (nSPS) is 10.1. The summed E-state index contributed by atoms with van der Waals surface area (Å²) < 4.78 is 4.78. The van der Waals surface area contributed by atoms with Crippen molar-refractivity contribution in [3.05, 3.63) is 5.69 Å². The largest absolute Gasteiger partial charge is 0.476 e. The van der Waals surface area contributed by atoms with Crippen molar-refractivity contribution < 1.29 is 14.6 Å². The van der Waals surface area contributed by atoms with E-state index in [4.69, 9.17) is 15.7 Å². The number of nitrogens with one attached hydrogen (secondary N) is 1. The fraction of sp³-hybridized carbons (Fsp3) is 0.500. The quantitative estimate of drug-likeness (QED) is 0.405. The molecule has 0 bridgehead atoms. The summed E-state index contributed by atoms with van der Waals surface area (Å²) >= 11 is 0. The van der Waals surface area contributed by atoms with Gasteiger partial charge in [0.25, 0.3) is 0 Å². The van der Waals surface area contributed by atoms with Crippen LogP contribution in [0.1, 0.15) is 10.5 Å². The van der Waals surface area contributed by atoms with E-state index in [1.54, 1.807) is 0 Å². The van der Waals surface area contributed by atoms with E-state index in [1.165, 1.54) is 7.11 Å². The monoisotopic (exact) mass is 201 g/mol. The van der Waals surface area contributed by atoms with Crippen molar-refractivity contribution >= 4 is 11.8 Å². The molecule has 0 atom stereocenters. The molecule has 1 rings (SSSR count). The van der Waals surface area contributed by atoms with E-state index in [0.29, 0.717) is 13.2 Å². The number of methoxy groups -OCH3 is 1. The smallest absolute Gasteiger partial charge is 0.357 e. The van der Waals surface area contributed by atoms with Gasteiger partial charge in [-0.2, -0.15) is 0 Å². The lowest BCUT2D eigenvalue weighted by Gasteiger charge is -2.14. The minimum absolute atomic E-state index is 0.0922. The third-order valence-corrected chi connectivity index (χ3v) is 1.55. The molecule has 8 heteroatoms. The first-order valence-electron chi connectivity index (χ1n) is 3.82. The number of hydrogen-bond acceptors (Lipinski definition) is 6. The summed E-state index contributed by atoms with van der Waals surface area (Å²) in [6.45, 7) is 0.714. The summed E-state index contributed by atoms with van der Waals surface area (Å²) in [4.78, 5) is 10.6. The second-order valence-corrected chi connectivity index (χ2v) is 2.50. The molecule has 78 valence electrons. The van der Waals surface area contributed by atoms with Gasteiger partial charge in [-0.1, -0.05) is 5.21 Å². The minimum atomic E-state index is -1.15. The topological polar surface area (TPSA) is 117 Å². The van der Waals surface area contributed by atoms with Crippen LogP contribution in [0, 0.1) is 0 Å². The second-order valence-electron chi connectivity index (χ2n) is 2.50. The molecule has 0 aliphatic heterocycles. The number of H-pyrrole nitrogens is 1. The van der Waals surface area contributed by atoms with Crippen molar-refractivity contribution in [1.82, 2.24) is 15.4 Å². The highest BCUT2D eigenvalue weighted by atomic mass is 16.5. The first kappa shape index (κ1) is 10.4. The number of nitrogens with two attached hydrogens (primary N) is 1. The Hall–Kier alpha value is -1.67. The molecule has 8 nitrogen and oxygen atoms in total. The average molecular weight is 201 g/mol. The number of hydrogen-bond donors (Lipinski definition) is 3. The number of ether oxygens (including phenoxy) is 1. The number of aromatic carboxylic acids is 1. The Morgan fingerprint density at radius 1 is 1.79 bits per heavy atom. The first-order chi connectivity index (χ1) is 6.66. The molecule has 0 spiro atoms. The number of hydrazine groups is 1. The van der Waals surface area contributed by atoms with E-state index in [2.05, 4.69) is 15.4 Å². The van der Waals surface area contributed by atoms with Crippen LogP contribution in [-0.2, 0) is 4.74 Å². The first-order valence-corrected chi connectivity index (χ1v) is 3.82. The fourth-order valence-electron chi connectivity index (χ4n) is 0.862. The zero-order valence-corrected chi connectivity index (χ0v) is 7.60. The van der Waals surface area contributed by atoms with E-state index in [9.17, 15) is 4.79 Å². The number of anilines is 1. The molecule has 1 aromatic rings. The Labute approximate surface area is 79.6 Å². The van der Waals surface area contributed by atoms with Crippen LogP contribution in [0.25, 0.3) is 0 Å². The van der Waals surface area contributed by atoms with Crippen molar-refractivity contribution in [2.45, 2.75) is 0 Å². The van der Waals surface area contributed by atoms with Crippen LogP contribution < -0.4 is 10.9 Å². The number of aromatic nitrogens is 3. The van der Waals surface area contributed by atoms with E-state index < -0.39 is 5.97 Å². The van der Waals surface area contributed by atoms with Gasteiger partial charge in [0.05, 0.1) is 13.2 Å². The lowest BCUT2D eigenvalue weighted by Crippen LogP contribution is -2.35. The van der Waals surface area contributed by atoms with E-state index in [1.807, 2.05) is 0 Å². The zero-order valence-electron chi connectivity index (χ0n) is 7.60. The predicted octanol–water partition coefficient (Wildman–Crippen LogP) is -1.17. The Kier molecular flexibility index (Phi) is 3.37. The molecule has 1 aromatic heterocycles. The summed E-state index contributed by atoms with van der Waals surface area (Å²) in [5.41, 5.74) is -0.136. The summed E-state index contributed by atoms with van der Waals surface area (Å²) in [6.07, 6.45) is 0. The molecular weight excluding hydrogens is 190 g/mol. The van der Waals surface area contributed by atoms with Gasteiger partial charge in [-0.25, -0.2) is 15.7 Å². The lowest BCUT2D eigenvalue weighted by molar-refractivity contribution is 0.0691. The van der Waals surface area contributed by atoms with Gasteiger partial charge in [0.15, 0.2) is 11.5 Å². The third kappa shape index (κ3) is 2.18. The van der Waals surface area contributed by atoms with E-state index in [-0.39, 0.29) is 11.5 Å². The van der Waals surface area contributed by atoms with Crippen molar-refractivity contribution in [2.75, 3.05) is 25.3 Å². The highest BCUT2D eigenvalue weighted by Gasteiger charge is 2.17. The predicted molar refractivity (Wildman–Crippen MR) is 46.8 cm³/mol. The summed E-state index contributed by atoms with van der Waals surface area (Å²) in [6, 6.07) is 0. The Balaban J connectivity index is 2.73. The highest BCUT2D eigenvalue weighted by Crippen LogP contribution is 2.10. The number of rotatable bonds is 5. The van der Waals surface area contributed by atoms with Crippen LogP contribution in [0.4, 0.5) is 5.82 Å². The van der Waals surface area contributed by atoms with Crippen LogP contribution in [0.3, 0.4) is 0 Å². The van der Waals surface area contributed by atoms with Crippen molar-refractivity contribution in [3.8, 4) is 0 Å². The molecule has 14 heavy (non-hydrogen) atoms. The van der Waals surface area contributed by atoms with Crippen LogP contribution in [0.15, 0.2) is 0 Å². The Morgan fingerprint density at radius 3 is 3.07 bits per heavy atom. The maximum atomic E-state index is 10.6. The zero-order chi connectivity index (χ0) is 10.6. The molecule has 0 radical (unpaired) electrons. The van der Waals surface area contributed by atoms with Gasteiger partial charge in [-0.3, -0.25) is 5.01 Å². The lowest BCUT2D eigenvalue weighted by atomic mass is 10.4. The SMILES string of the molecule is COCCN(N)c1nn[nH]c1C(=O)O. The fourth-order valence-corrected chi connectivity index (χ4v) is 0.862. The summed E-state index contributed by atoms with van der Waals surface area (Å²) in [5.74, 6) is 4.47. The Morgan fingerprint density at radius 2 is 2.50 bits per heavy atom. The van der Waals surface area contributed by atoms with Crippen LogP contribution in [0.5, 0.6) is 0 Å². The molecule has 0 aromatic carbocycles.